The molecule has 0 atom stereocenters. The summed E-state index contributed by atoms with van der Waals surface area (Å²) in [7, 11) is 0. The normalized spacial score (nSPS) is 10.2. The second-order valence-corrected chi connectivity index (χ2v) is 4.58. The number of fused-ring (bicyclic) bond motifs is 1. The number of carbonyl (C=O) groups excluding carboxylic acids is 1. The van der Waals surface area contributed by atoms with Gasteiger partial charge in [0, 0.05) is 11.4 Å². The Morgan fingerprint density at radius 1 is 1.42 bits per heavy atom. The summed E-state index contributed by atoms with van der Waals surface area (Å²) in [4.78, 5) is 34.3. The molecule has 2 rings (SSSR count). The van der Waals surface area contributed by atoms with Crippen LogP contribution < -0.4 is 35.2 Å². The molecule has 1 heterocycles. The number of rotatable bonds is 2. The summed E-state index contributed by atoms with van der Waals surface area (Å²) in [6.07, 6.45) is 0. The van der Waals surface area contributed by atoms with E-state index in [4.69, 9.17) is 5.11 Å². The first kappa shape index (κ1) is 16.2. The van der Waals surface area contributed by atoms with Gasteiger partial charge in [0.25, 0.3) is 0 Å². The number of benzene rings is 1. The van der Waals surface area contributed by atoms with E-state index < -0.39 is 24.1 Å². The quantitative estimate of drug-likeness (QED) is 0.672. The first-order valence-electron chi connectivity index (χ1n) is 5.06. The smallest absolute Gasteiger partial charge is 1.00 e. The van der Waals surface area contributed by atoms with Crippen molar-refractivity contribution in [3.63, 3.8) is 0 Å². The van der Waals surface area contributed by atoms with Crippen LogP contribution in [0.15, 0.2) is 27.5 Å². The van der Waals surface area contributed by atoms with Crippen molar-refractivity contribution in [2.75, 3.05) is 0 Å². The molecule has 0 bridgehead atoms. The molecule has 1 aromatic heterocycles. The van der Waals surface area contributed by atoms with Crippen molar-refractivity contribution in [3.8, 4) is 0 Å². The zero-order valence-corrected chi connectivity index (χ0v) is 14.0. The maximum atomic E-state index is 12.0. The third-order valence-electron chi connectivity index (χ3n) is 2.51. The van der Waals surface area contributed by atoms with Gasteiger partial charge in [-0.3, -0.25) is 14.2 Å². The molecule has 0 saturated carbocycles. The molecule has 2 aromatic rings. The summed E-state index contributed by atoms with van der Waals surface area (Å²) in [5.41, 5.74) is 0.148. The van der Waals surface area contributed by atoms with Gasteiger partial charge in [-0.25, -0.2) is 9.36 Å². The van der Waals surface area contributed by atoms with E-state index in [2.05, 4.69) is 15.9 Å². The Hall–Kier alpha value is -0.890. The molecule has 8 heteroatoms. The van der Waals surface area contributed by atoms with Crippen LogP contribution in [-0.4, -0.2) is 26.1 Å². The molecule has 0 aliphatic heterocycles. The van der Waals surface area contributed by atoms with Gasteiger partial charge in [0.15, 0.2) is 0 Å². The van der Waals surface area contributed by atoms with Gasteiger partial charge in [-0.2, -0.15) is 0 Å². The van der Waals surface area contributed by atoms with E-state index in [0.717, 1.165) is 9.13 Å². The second kappa shape index (κ2) is 6.04. The Labute approximate surface area is 139 Å². The number of hydrogen-bond acceptors (Lipinski definition) is 3. The van der Waals surface area contributed by atoms with E-state index in [9.17, 15) is 14.4 Å². The van der Waals surface area contributed by atoms with Crippen LogP contribution in [0.5, 0.6) is 0 Å². The molecule has 1 aromatic carbocycles. The minimum Gasteiger partial charge on any atom is -1.00 e. The number of carboxylic acids is 1. The Balaban J connectivity index is 0.00000180. The van der Waals surface area contributed by atoms with Crippen molar-refractivity contribution >= 4 is 38.8 Å². The van der Waals surface area contributed by atoms with Gasteiger partial charge in [-0.05, 0) is 28.1 Å². The fourth-order valence-electron chi connectivity index (χ4n) is 1.84. The average molecular weight is 337 g/mol. The molecule has 0 spiro atoms. The van der Waals surface area contributed by atoms with Crippen molar-refractivity contribution in [2.24, 2.45) is 0 Å². The summed E-state index contributed by atoms with van der Waals surface area (Å²) in [5.74, 6) is -1.60. The van der Waals surface area contributed by atoms with Gasteiger partial charge in [0.05, 0.1) is 11.0 Å². The number of halogens is 1. The molecule has 0 unspecified atom stereocenters. The zero-order valence-electron chi connectivity index (χ0n) is 11.4. The van der Waals surface area contributed by atoms with Crippen molar-refractivity contribution < 1.29 is 45.7 Å². The summed E-state index contributed by atoms with van der Waals surface area (Å²) in [6, 6.07) is 4.96. The monoisotopic (exact) mass is 336 g/mol. The summed E-state index contributed by atoms with van der Waals surface area (Å²) in [6.45, 7) is 0.775. The first-order chi connectivity index (χ1) is 8.43. The van der Waals surface area contributed by atoms with Crippen LogP contribution in [-0.2, 0) is 11.3 Å². The Kier molecular flexibility index (Phi) is 5.14. The summed E-state index contributed by atoms with van der Waals surface area (Å²) >= 11 is 3.26. The minimum absolute atomic E-state index is 0. The standard InChI is InChI=1S/C11H9BrN2O4.Na.H/c1-6(15)14-10-7(12)3-2-4-8(10)13(11(14)18)5-9(16)17;;/h2-4H,5H2,1H3,(H,16,17);;/q;+1;-1. The average Bonchev–Trinajstić information content (AvgIpc) is 2.54. The number of carbonyl (C=O) groups is 2. The topological polar surface area (TPSA) is 81.3 Å². The van der Waals surface area contributed by atoms with E-state index in [1.165, 1.54) is 6.92 Å². The van der Waals surface area contributed by atoms with Gasteiger partial charge in [-0.15, -0.1) is 0 Å². The molecule has 0 saturated heterocycles. The maximum absolute atomic E-state index is 12.0. The van der Waals surface area contributed by atoms with Gasteiger partial charge in [0.1, 0.15) is 6.54 Å². The predicted octanol–water partition coefficient (Wildman–Crippen LogP) is -1.57. The number of carboxylic acid groups (broad SMARTS) is 1. The van der Waals surface area contributed by atoms with Crippen LogP contribution in [0.2, 0.25) is 0 Å². The number of aromatic nitrogens is 2. The Morgan fingerprint density at radius 3 is 2.58 bits per heavy atom. The van der Waals surface area contributed by atoms with Gasteiger partial charge >= 0.3 is 41.2 Å². The fraction of sp³-hybridized carbons (Fsp3) is 0.182. The van der Waals surface area contributed by atoms with Crippen molar-refractivity contribution in [1.29, 1.82) is 0 Å². The number of para-hydroxylation sites is 1. The van der Waals surface area contributed by atoms with Crippen molar-refractivity contribution in [3.05, 3.63) is 33.2 Å². The predicted molar refractivity (Wildman–Crippen MR) is 68.9 cm³/mol. The molecule has 1 N–H and O–H groups in total. The fourth-order valence-corrected chi connectivity index (χ4v) is 2.38. The van der Waals surface area contributed by atoms with Crippen molar-refractivity contribution in [2.45, 2.75) is 13.5 Å². The third kappa shape index (κ3) is 2.84. The van der Waals surface area contributed by atoms with Gasteiger partial charge in [-0.1, -0.05) is 6.07 Å². The van der Waals surface area contributed by atoms with Gasteiger partial charge in [0.2, 0.25) is 5.91 Å². The Morgan fingerprint density at radius 2 is 2.05 bits per heavy atom. The third-order valence-corrected chi connectivity index (χ3v) is 3.15. The first-order valence-corrected chi connectivity index (χ1v) is 5.85. The van der Waals surface area contributed by atoms with E-state index in [1.807, 2.05) is 0 Å². The largest absolute Gasteiger partial charge is 1.00 e. The number of nitrogens with zero attached hydrogens (tertiary/aromatic N) is 2. The van der Waals surface area contributed by atoms with Crippen molar-refractivity contribution in [1.82, 2.24) is 9.13 Å². The van der Waals surface area contributed by atoms with Crippen LogP contribution in [0.3, 0.4) is 0 Å². The molecule has 0 aliphatic rings. The molecular formula is C11H10BrN2NaO4. The van der Waals surface area contributed by atoms with Gasteiger partial charge < -0.3 is 6.53 Å². The van der Waals surface area contributed by atoms with E-state index >= 15 is 0 Å². The molecule has 6 nitrogen and oxygen atoms in total. The number of imidazole rings is 1. The molecule has 0 aliphatic carbocycles. The molecule has 19 heavy (non-hydrogen) atoms. The summed E-state index contributed by atoms with van der Waals surface area (Å²) < 4.78 is 2.59. The zero-order chi connectivity index (χ0) is 13.4. The van der Waals surface area contributed by atoms with E-state index in [-0.39, 0.29) is 31.0 Å². The van der Waals surface area contributed by atoms with E-state index in [1.54, 1.807) is 18.2 Å². The number of aliphatic carboxylic acids is 1. The molecule has 0 fully saturated rings. The second-order valence-electron chi connectivity index (χ2n) is 3.72. The van der Waals surface area contributed by atoms with Crippen LogP contribution >= 0.6 is 15.9 Å². The van der Waals surface area contributed by atoms with Crippen LogP contribution in [0.4, 0.5) is 0 Å². The summed E-state index contributed by atoms with van der Waals surface area (Å²) in [5, 5.41) is 8.80. The molecule has 0 radical (unpaired) electrons. The Bertz CT molecular complexity index is 725. The molecule has 96 valence electrons. The number of hydrogen-bond donors (Lipinski definition) is 1. The van der Waals surface area contributed by atoms with Crippen LogP contribution in [0, 0.1) is 0 Å². The minimum atomic E-state index is -1.14. The maximum Gasteiger partial charge on any atom is 1.00 e. The van der Waals surface area contributed by atoms with Crippen LogP contribution in [0.1, 0.15) is 13.1 Å². The van der Waals surface area contributed by atoms with Crippen LogP contribution in [0.25, 0.3) is 11.0 Å². The molecular weight excluding hydrogens is 327 g/mol. The SMILES string of the molecule is CC(=O)n1c(=O)n(CC(=O)O)c2cccc(Br)c21.[H-].[Na+]. The van der Waals surface area contributed by atoms with E-state index in [0.29, 0.717) is 15.5 Å². The molecule has 0 amide bonds.